The van der Waals surface area contributed by atoms with Crippen LogP contribution in [0.25, 0.3) is 0 Å². The first-order chi connectivity index (χ1) is 6.57. The van der Waals surface area contributed by atoms with E-state index in [1.807, 2.05) is 0 Å². The molecule has 1 N–H and O–H groups in total. The molecule has 0 fully saturated rings. The molecule has 0 saturated carbocycles. The summed E-state index contributed by atoms with van der Waals surface area (Å²) in [5.41, 5.74) is 2.71. The van der Waals surface area contributed by atoms with Gasteiger partial charge in [-0.15, -0.1) is 0 Å². The van der Waals surface area contributed by atoms with Crippen LogP contribution in [0.3, 0.4) is 0 Å². The van der Waals surface area contributed by atoms with E-state index in [2.05, 4.69) is 21.6 Å². The summed E-state index contributed by atoms with van der Waals surface area (Å²) >= 11 is 0. The fraction of sp³-hybridized carbons (Fsp3) is 0.556. The largest absolute Gasteiger partial charge is 0.462 e. The van der Waals surface area contributed by atoms with Crippen molar-refractivity contribution in [1.29, 1.82) is 0 Å². The van der Waals surface area contributed by atoms with Crippen LogP contribution in [-0.4, -0.2) is 25.1 Å². The first-order valence-electron chi connectivity index (χ1n) is 4.33. The van der Waals surface area contributed by atoms with E-state index in [4.69, 9.17) is 0 Å². The molecule has 0 unspecified atom stereocenters. The SMILES string of the molecule is C=C(C)C(=O)OCCC(=O)ONCC. The smallest absolute Gasteiger partial charge is 0.333 e. The average Bonchev–Trinajstić information content (AvgIpc) is 2.14. The summed E-state index contributed by atoms with van der Waals surface area (Å²) < 4.78 is 4.69. The number of hydrogen-bond acceptors (Lipinski definition) is 5. The summed E-state index contributed by atoms with van der Waals surface area (Å²) in [6, 6.07) is 0. The monoisotopic (exact) mass is 201 g/mol. The van der Waals surface area contributed by atoms with Crippen molar-refractivity contribution < 1.29 is 19.2 Å². The number of hydrogen-bond donors (Lipinski definition) is 1. The lowest BCUT2D eigenvalue weighted by molar-refractivity contribution is -0.153. The third kappa shape index (κ3) is 6.19. The Bertz CT molecular complexity index is 225. The molecule has 0 bridgehead atoms. The van der Waals surface area contributed by atoms with Crippen molar-refractivity contribution in [2.45, 2.75) is 20.3 Å². The van der Waals surface area contributed by atoms with Crippen LogP contribution in [0.1, 0.15) is 20.3 Å². The highest BCUT2D eigenvalue weighted by Crippen LogP contribution is 1.94. The third-order valence-electron chi connectivity index (χ3n) is 1.22. The molecule has 0 aliphatic rings. The van der Waals surface area contributed by atoms with E-state index in [9.17, 15) is 9.59 Å². The lowest BCUT2D eigenvalue weighted by Gasteiger charge is -2.04. The van der Waals surface area contributed by atoms with Gasteiger partial charge >= 0.3 is 11.9 Å². The predicted molar refractivity (Wildman–Crippen MR) is 50.2 cm³/mol. The molecule has 0 aliphatic carbocycles. The molecule has 80 valence electrons. The van der Waals surface area contributed by atoms with Crippen molar-refractivity contribution >= 4 is 11.9 Å². The highest BCUT2D eigenvalue weighted by molar-refractivity contribution is 5.87. The van der Waals surface area contributed by atoms with Gasteiger partial charge in [-0.2, -0.15) is 5.48 Å². The molecule has 5 nitrogen and oxygen atoms in total. The number of hydroxylamine groups is 1. The highest BCUT2D eigenvalue weighted by Gasteiger charge is 2.06. The Balaban J connectivity index is 3.49. The zero-order valence-corrected chi connectivity index (χ0v) is 8.46. The summed E-state index contributed by atoms with van der Waals surface area (Å²) in [6.45, 7) is 7.29. The molecule has 0 saturated heterocycles. The van der Waals surface area contributed by atoms with Gasteiger partial charge in [-0.1, -0.05) is 6.58 Å². The van der Waals surface area contributed by atoms with Gasteiger partial charge in [0.15, 0.2) is 0 Å². The van der Waals surface area contributed by atoms with E-state index in [1.165, 1.54) is 0 Å². The first kappa shape index (κ1) is 12.6. The Labute approximate surface area is 83.0 Å². The zero-order chi connectivity index (χ0) is 11.0. The van der Waals surface area contributed by atoms with Crippen molar-refractivity contribution in [3.63, 3.8) is 0 Å². The van der Waals surface area contributed by atoms with Crippen LogP contribution in [0.2, 0.25) is 0 Å². The zero-order valence-electron chi connectivity index (χ0n) is 8.46. The Morgan fingerprint density at radius 2 is 2.07 bits per heavy atom. The normalized spacial score (nSPS) is 9.29. The molecular formula is C9H15NO4. The second kappa shape index (κ2) is 7.08. The molecule has 0 atom stereocenters. The van der Waals surface area contributed by atoms with Crippen LogP contribution in [-0.2, 0) is 19.2 Å². The number of carbonyl (C=O) groups is 2. The van der Waals surface area contributed by atoms with Gasteiger partial charge in [0, 0.05) is 12.1 Å². The molecule has 0 aromatic rings. The van der Waals surface area contributed by atoms with Gasteiger partial charge in [-0.25, -0.2) is 4.79 Å². The van der Waals surface area contributed by atoms with E-state index in [-0.39, 0.29) is 13.0 Å². The number of rotatable bonds is 6. The molecule has 0 radical (unpaired) electrons. The van der Waals surface area contributed by atoms with Crippen LogP contribution >= 0.6 is 0 Å². The standard InChI is InChI=1S/C9H15NO4/c1-4-10-14-8(11)5-6-13-9(12)7(2)3/h10H,2,4-6H2,1,3H3. The van der Waals surface area contributed by atoms with E-state index >= 15 is 0 Å². The third-order valence-corrected chi connectivity index (χ3v) is 1.22. The minimum atomic E-state index is -0.499. The minimum Gasteiger partial charge on any atom is -0.462 e. The number of nitrogens with one attached hydrogen (secondary N) is 1. The molecule has 0 amide bonds. The number of ether oxygens (including phenoxy) is 1. The van der Waals surface area contributed by atoms with Crippen molar-refractivity contribution in [3.05, 3.63) is 12.2 Å². The maximum atomic E-state index is 10.9. The lowest BCUT2D eigenvalue weighted by Crippen LogP contribution is -2.21. The fourth-order valence-electron chi connectivity index (χ4n) is 0.554. The average molecular weight is 201 g/mol. The maximum Gasteiger partial charge on any atom is 0.333 e. The van der Waals surface area contributed by atoms with E-state index in [1.54, 1.807) is 13.8 Å². The number of esters is 1. The van der Waals surface area contributed by atoms with E-state index < -0.39 is 11.9 Å². The second-order valence-electron chi connectivity index (χ2n) is 2.64. The summed E-state index contributed by atoms with van der Waals surface area (Å²) in [5.74, 6) is -0.956. The predicted octanol–water partition coefficient (Wildman–Crippen LogP) is 0.563. The van der Waals surface area contributed by atoms with Gasteiger partial charge < -0.3 is 9.57 Å². The minimum absolute atomic E-state index is 0.00984. The first-order valence-corrected chi connectivity index (χ1v) is 4.33. The Kier molecular flexibility index (Phi) is 6.39. The molecule has 0 aromatic heterocycles. The molecule has 0 heterocycles. The van der Waals surface area contributed by atoms with Crippen molar-refractivity contribution in [2.75, 3.05) is 13.2 Å². The second-order valence-corrected chi connectivity index (χ2v) is 2.64. The molecule has 0 rings (SSSR count). The summed E-state index contributed by atoms with van der Waals surface area (Å²) in [7, 11) is 0. The maximum absolute atomic E-state index is 10.9. The summed E-state index contributed by atoms with van der Waals surface area (Å²) in [5, 5.41) is 0. The Morgan fingerprint density at radius 1 is 1.43 bits per heavy atom. The van der Waals surface area contributed by atoms with E-state index in [0.29, 0.717) is 12.1 Å². The van der Waals surface area contributed by atoms with Crippen molar-refractivity contribution in [3.8, 4) is 0 Å². The van der Waals surface area contributed by atoms with Gasteiger partial charge in [0.2, 0.25) is 0 Å². The fourth-order valence-corrected chi connectivity index (χ4v) is 0.554. The molecule has 0 aliphatic heterocycles. The van der Waals surface area contributed by atoms with Crippen LogP contribution in [0.5, 0.6) is 0 Å². The van der Waals surface area contributed by atoms with Crippen LogP contribution in [0.15, 0.2) is 12.2 Å². The molecule has 0 spiro atoms. The van der Waals surface area contributed by atoms with Crippen LogP contribution in [0, 0.1) is 0 Å². The number of carbonyl (C=O) groups excluding carboxylic acids is 2. The topological polar surface area (TPSA) is 64.6 Å². The van der Waals surface area contributed by atoms with E-state index in [0.717, 1.165) is 0 Å². The summed E-state index contributed by atoms with van der Waals surface area (Å²) in [6.07, 6.45) is 0.0337. The Morgan fingerprint density at radius 3 is 2.57 bits per heavy atom. The summed E-state index contributed by atoms with van der Waals surface area (Å²) in [4.78, 5) is 26.2. The highest BCUT2D eigenvalue weighted by atomic mass is 16.7. The van der Waals surface area contributed by atoms with Gasteiger partial charge in [-0.05, 0) is 13.8 Å². The van der Waals surface area contributed by atoms with Gasteiger partial charge in [0.25, 0.3) is 0 Å². The van der Waals surface area contributed by atoms with Crippen LogP contribution < -0.4 is 5.48 Å². The van der Waals surface area contributed by atoms with Gasteiger partial charge in [0.05, 0.1) is 6.42 Å². The van der Waals surface area contributed by atoms with Gasteiger partial charge in [-0.3, -0.25) is 4.79 Å². The Hall–Kier alpha value is -1.36. The molecule has 0 aromatic carbocycles. The lowest BCUT2D eigenvalue weighted by atomic mass is 10.4. The van der Waals surface area contributed by atoms with Gasteiger partial charge in [0.1, 0.15) is 6.61 Å². The van der Waals surface area contributed by atoms with Crippen molar-refractivity contribution in [2.24, 2.45) is 0 Å². The molecular weight excluding hydrogens is 186 g/mol. The van der Waals surface area contributed by atoms with Crippen LogP contribution in [0.4, 0.5) is 0 Å². The molecule has 5 heteroatoms. The quantitative estimate of drug-likeness (QED) is 0.386. The van der Waals surface area contributed by atoms with Crippen molar-refractivity contribution in [1.82, 2.24) is 5.48 Å². The molecule has 14 heavy (non-hydrogen) atoms.